The number of nitrogens with zero attached hydrogens (tertiary/aromatic N) is 2. The molecule has 0 unspecified atom stereocenters. The van der Waals surface area contributed by atoms with Crippen LogP contribution in [-0.4, -0.2) is 28.6 Å². The number of halogens is 1. The van der Waals surface area contributed by atoms with E-state index in [9.17, 15) is 9.90 Å². The third-order valence-corrected chi connectivity index (χ3v) is 10.8. The molecule has 0 fully saturated rings. The molecular formula is C30H24ClN2O2Se. The van der Waals surface area contributed by atoms with Crippen LogP contribution in [0.15, 0.2) is 108 Å². The van der Waals surface area contributed by atoms with Gasteiger partial charge in [-0.2, -0.15) is 0 Å². The van der Waals surface area contributed by atoms with Gasteiger partial charge in [0, 0.05) is 0 Å². The van der Waals surface area contributed by atoms with Gasteiger partial charge < -0.3 is 0 Å². The number of allylic oxidation sites excluding steroid dienone is 1. The predicted octanol–water partition coefficient (Wildman–Crippen LogP) is 5.38. The molecule has 0 amide bonds. The quantitative estimate of drug-likeness (QED) is 0.285. The second kappa shape index (κ2) is 10.5. The second-order valence-electron chi connectivity index (χ2n) is 8.35. The Morgan fingerprint density at radius 3 is 2.39 bits per heavy atom. The minimum absolute atomic E-state index is 0.0900. The molecule has 5 aromatic rings. The molecule has 4 nitrogen and oxygen atoms in total. The molecule has 0 aliphatic rings. The van der Waals surface area contributed by atoms with Crippen LogP contribution in [0.5, 0.6) is 5.75 Å². The van der Waals surface area contributed by atoms with E-state index < -0.39 is 13.9 Å². The van der Waals surface area contributed by atoms with E-state index in [0.29, 0.717) is 21.7 Å². The fourth-order valence-corrected chi connectivity index (χ4v) is 8.15. The van der Waals surface area contributed by atoms with E-state index >= 15 is 0 Å². The molecule has 0 atom stereocenters. The molecule has 179 valence electrons. The zero-order valence-corrected chi connectivity index (χ0v) is 22.1. The molecule has 1 aromatic heterocycles. The predicted molar refractivity (Wildman–Crippen MR) is 150 cm³/mol. The first kappa shape index (κ1) is 24.1. The molecule has 36 heavy (non-hydrogen) atoms. The fraction of sp³-hybridized carbons (Fsp3) is 0.0667. The summed E-state index contributed by atoms with van der Waals surface area (Å²) in [6.45, 7) is 2.02. The van der Waals surface area contributed by atoms with Gasteiger partial charge in [-0.1, -0.05) is 0 Å². The minimum atomic E-state index is -1.55. The molecule has 1 radical (unpaired) electrons. The van der Waals surface area contributed by atoms with Gasteiger partial charge in [-0.3, -0.25) is 0 Å². The van der Waals surface area contributed by atoms with Gasteiger partial charge in [0.1, 0.15) is 0 Å². The fourth-order valence-electron chi connectivity index (χ4n) is 4.01. The topological polar surface area (TPSA) is 55.1 Å². The second-order valence-corrected chi connectivity index (χ2v) is 13.1. The number of benzene rings is 4. The third-order valence-electron chi connectivity index (χ3n) is 5.85. The van der Waals surface area contributed by atoms with Crippen molar-refractivity contribution in [3.05, 3.63) is 130 Å². The van der Waals surface area contributed by atoms with E-state index in [1.807, 2.05) is 85.8 Å². The van der Waals surface area contributed by atoms with Crippen molar-refractivity contribution >= 4 is 51.4 Å². The summed E-state index contributed by atoms with van der Waals surface area (Å²) in [5.41, 5.74) is 2.48. The Labute approximate surface area is 219 Å². The first-order valence-electron chi connectivity index (χ1n) is 11.5. The molecule has 0 aliphatic carbocycles. The van der Waals surface area contributed by atoms with Crippen molar-refractivity contribution in [1.29, 1.82) is 0 Å². The van der Waals surface area contributed by atoms with Crippen LogP contribution in [0.3, 0.4) is 0 Å². The van der Waals surface area contributed by atoms with Gasteiger partial charge in [-0.05, 0) is 0 Å². The molecule has 5 rings (SSSR count). The number of phenols is 1. The van der Waals surface area contributed by atoms with Crippen LogP contribution in [0, 0.1) is 6.92 Å². The molecule has 0 saturated carbocycles. The normalized spacial score (nSPS) is 11.5. The van der Waals surface area contributed by atoms with E-state index in [2.05, 4.69) is 18.2 Å². The van der Waals surface area contributed by atoms with E-state index in [1.165, 1.54) is 4.46 Å². The van der Waals surface area contributed by atoms with Crippen LogP contribution in [0.25, 0.3) is 22.7 Å². The summed E-state index contributed by atoms with van der Waals surface area (Å²) in [5.74, 6) is 0.673. The van der Waals surface area contributed by atoms with E-state index in [4.69, 9.17) is 16.6 Å². The maximum atomic E-state index is 13.5. The molecule has 0 bridgehead atoms. The average Bonchev–Trinajstić information content (AvgIpc) is 2.90. The molecule has 0 spiro atoms. The Hall–Kier alpha value is -3.63. The van der Waals surface area contributed by atoms with Crippen LogP contribution >= 0.6 is 11.6 Å². The van der Waals surface area contributed by atoms with Crippen molar-refractivity contribution in [2.45, 2.75) is 12.2 Å². The Balaban J connectivity index is 1.58. The molecular weight excluding hydrogens is 535 g/mol. The standard InChI is InChI=1S/C30H24ClN2O2Se/c1-21-13-15-22(16-14-21)33-29(32-27-11-6-5-10-25(27)30(33)35)12-7-19-36(23-8-3-2-4-9-23)24-17-18-26(31)28(34)20-24/h2-18,20,34H,19H2,1H3/b12-7+. The van der Waals surface area contributed by atoms with Gasteiger partial charge in [-0.15, -0.1) is 0 Å². The summed E-state index contributed by atoms with van der Waals surface area (Å²) >= 11 is 4.53. The zero-order chi connectivity index (χ0) is 25.1. The van der Waals surface area contributed by atoms with E-state index in [0.717, 1.165) is 21.0 Å². The van der Waals surface area contributed by atoms with Gasteiger partial charge in [0.05, 0.1) is 0 Å². The Morgan fingerprint density at radius 2 is 1.64 bits per heavy atom. The Kier molecular flexibility index (Phi) is 7.06. The molecule has 6 heteroatoms. The molecule has 0 aliphatic heterocycles. The van der Waals surface area contributed by atoms with Crippen LogP contribution < -0.4 is 14.5 Å². The summed E-state index contributed by atoms with van der Waals surface area (Å²) in [5, 5.41) is 11.9. The number of rotatable bonds is 6. The molecule has 1 N–H and O–H groups in total. The summed E-state index contributed by atoms with van der Waals surface area (Å²) in [6.07, 6.45) is 4.02. The van der Waals surface area contributed by atoms with Crippen LogP contribution in [-0.2, 0) is 0 Å². The number of hydrogen-bond donors (Lipinski definition) is 1. The summed E-state index contributed by atoms with van der Waals surface area (Å²) < 4.78 is 3.99. The van der Waals surface area contributed by atoms with Crippen molar-refractivity contribution in [3.63, 3.8) is 0 Å². The first-order chi connectivity index (χ1) is 17.5. The van der Waals surface area contributed by atoms with E-state index in [-0.39, 0.29) is 11.3 Å². The van der Waals surface area contributed by atoms with Crippen LogP contribution in [0.2, 0.25) is 10.3 Å². The Bertz CT molecular complexity index is 1610. The van der Waals surface area contributed by atoms with Gasteiger partial charge in [-0.25, -0.2) is 0 Å². The number of phenolic OH excluding ortho intramolecular Hbond substituents is 1. The zero-order valence-electron chi connectivity index (χ0n) is 19.6. The average molecular weight is 559 g/mol. The summed E-state index contributed by atoms with van der Waals surface area (Å²) in [6, 6.07) is 31.1. The summed E-state index contributed by atoms with van der Waals surface area (Å²) in [4.78, 5) is 18.3. The summed E-state index contributed by atoms with van der Waals surface area (Å²) in [7, 11) is 0. The van der Waals surface area contributed by atoms with Crippen molar-refractivity contribution in [2.75, 3.05) is 0 Å². The van der Waals surface area contributed by atoms with Crippen molar-refractivity contribution in [1.82, 2.24) is 9.55 Å². The number of hydrogen-bond acceptors (Lipinski definition) is 3. The first-order valence-corrected chi connectivity index (χ1v) is 14.8. The SMILES string of the molecule is Cc1ccc(-n2c(/C=C/C[Se](c3ccccc3)c3ccc(Cl)c(O)c3)nc3ccccc3c2=O)cc1. The van der Waals surface area contributed by atoms with Gasteiger partial charge in [0.15, 0.2) is 0 Å². The van der Waals surface area contributed by atoms with Crippen molar-refractivity contribution in [2.24, 2.45) is 0 Å². The molecule has 0 saturated heterocycles. The Morgan fingerprint density at radius 1 is 0.917 bits per heavy atom. The van der Waals surface area contributed by atoms with Crippen molar-refractivity contribution in [3.8, 4) is 11.4 Å². The van der Waals surface area contributed by atoms with Gasteiger partial charge >= 0.3 is 220 Å². The maximum absolute atomic E-state index is 13.5. The third kappa shape index (κ3) is 5.00. The number of aromatic nitrogens is 2. The van der Waals surface area contributed by atoms with Gasteiger partial charge in [0.25, 0.3) is 0 Å². The number of aromatic hydroxyl groups is 1. The van der Waals surface area contributed by atoms with Crippen LogP contribution in [0.4, 0.5) is 0 Å². The molecule has 1 heterocycles. The van der Waals surface area contributed by atoms with Crippen molar-refractivity contribution < 1.29 is 5.11 Å². The van der Waals surface area contributed by atoms with Gasteiger partial charge in [0.2, 0.25) is 0 Å². The van der Waals surface area contributed by atoms with Crippen LogP contribution in [0.1, 0.15) is 11.4 Å². The number of fused-ring (bicyclic) bond motifs is 1. The number of aryl methyl sites for hydroxylation is 1. The van der Waals surface area contributed by atoms with E-state index in [1.54, 1.807) is 16.7 Å². The monoisotopic (exact) mass is 559 g/mol. The molecule has 4 aromatic carbocycles. The number of para-hydroxylation sites is 1.